The maximum absolute atomic E-state index is 12.3. The largest absolute Gasteiger partial charge is 0.493 e. The Balaban J connectivity index is 2.21. The van der Waals surface area contributed by atoms with Crippen LogP contribution in [0.1, 0.15) is 11.1 Å². The van der Waals surface area contributed by atoms with Gasteiger partial charge in [0.15, 0.2) is 11.5 Å². The van der Waals surface area contributed by atoms with Gasteiger partial charge in [0, 0.05) is 11.0 Å². The molecule has 0 fully saturated rings. The topological polar surface area (TPSA) is 71.3 Å². The molecule has 0 aliphatic heterocycles. The normalized spacial score (nSPS) is 10.6. The standard InChI is InChI=1S/C21H19BrN2O3/c1-3-9-27-20-12-18(22)16(11-19(20)26-2)10-17(13-23)21(25)24-14-15-7-5-4-6-8-15/h3-8,10-12H,1,9,14H2,2H3,(H,24,25)/b17-10+. The van der Waals surface area contributed by atoms with E-state index in [1.54, 1.807) is 18.2 Å². The van der Waals surface area contributed by atoms with Crippen molar-refractivity contribution in [1.29, 1.82) is 5.26 Å². The molecule has 2 rings (SSSR count). The Morgan fingerprint density at radius 3 is 2.67 bits per heavy atom. The molecule has 0 saturated heterocycles. The zero-order chi connectivity index (χ0) is 19.6. The van der Waals surface area contributed by atoms with E-state index < -0.39 is 5.91 Å². The first-order valence-electron chi connectivity index (χ1n) is 8.14. The Bertz CT molecular complexity index is 886. The summed E-state index contributed by atoms with van der Waals surface area (Å²) < 4.78 is 11.5. The fraction of sp³-hybridized carbons (Fsp3) is 0.143. The van der Waals surface area contributed by atoms with Crippen LogP contribution >= 0.6 is 15.9 Å². The summed E-state index contributed by atoms with van der Waals surface area (Å²) in [6, 6.07) is 14.9. The van der Waals surface area contributed by atoms with Gasteiger partial charge in [0.05, 0.1) is 7.11 Å². The third-order valence-corrected chi connectivity index (χ3v) is 4.29. The molecule has 27 heavy (non-hydrogen) atoms. The molecule has 0 bridgehead atoms. The molecule has 1 amide bonds. The summed E-state index contributed by atoms with van der Waals surface area (Å²) in [7, 11) is 1.52. The van der Waals surface area contributed by atoms with Crippen LogP contribution in [0.4, 0.5) is 0 Å². The van der Waals surface area contributed by atoms with Crippen LogP contribution in [0.3, 0.4) is 0 Å². The molecule has 138 valence electrons. The third-order valence-electron chi connectivity index (χ3n) is 3.60. The van der Waals surface area contributed by atoms with E-state index in [-0.39, 0.29) is 5.57 Å². The summed E-state index contributed by atoms with van der Waals surface area (Å²) in [6.07, 6.45) is 3.14. The number of hydrogen-bond acceptors (Lipinski definition) is 4. The first-order chi connectivity index (χ1) is 13.1. The molecule has 2 aromatic rings. The predicted octanol–water partition coefficient (Wildman–Crippen LogP) is 4.25. The molecule has 0 saturated carbocycles. The second-order valence-corrected chi connectivity index (χ2v) is 6.32. The Morgan fingerprint density at radius 1 is 1.30 bits per heavy atom. The van der Waals surface area contributed by atoms with E-state index in [2.05, 4.69) is 27.8 Å². The number of methoxy groups -OCH3 is 1. The van der Waals surface area contributed by atoms with Crippen LogP contribution in [0.15, 0.2) is 65.2 Å². The number of nitrogens with zero attached hydrogens (tertiary/aromatic N) is 1. The number of hydrogen-bond donors (Lipinski definition) is 1. The van der Waals surface area contributed by atoms with Crippen LogP contribution in [0, 0.1) is 11.3 Å². The van der Waals surface area contributed by atoms with E-state index in [4.69, 9.17) is 9.47 Å². The fourth-order valence-electron chi connectivity index (χ4n) is 2.26. The lowest BCUT2D eigenvalue weighted by molar-refractivity contribution is -0.117. The minimum atomic E-state index is -0.445. The monoisotopic (exact) mass is 426 g/mol. The van der Waals surface area contributed by atoms with Gasteiger partial charge in [0.2, 0.25) is 0 Å². The first kappa shape index (κ1) is 20.3. The molecule has 6 heteroatoms. The zero-order valence-corrected chi connectivity index (χ0v) is 16.5. The summed E-state index contributed by atoms with van der Waals surface area (Å²) in [5.74, 6) is 0.584. The lowest BCUT2D eigenvalue weighted by atomic mass is 10.1. The van der Waals surface area contributed by atoms with Crippen molar-refractivity contribution in [1.82, 2.24) is 5.32 Å². The fourth-order valence-corrected chi connectivity index (χ4v) is 2.70. The van der Waals surface area contributed by atoms with Crippen molar-refractivity contribution in [3.05, 3.63) is 76.3 Å². The van der Waals surface area contributed by atoms with Crippen molar-refractivity contribution >= 4 is 27.9 Å². The Hall–Kier alpha value is -3.04. The highest BCUT2D eigenvalue weighted by atomic mass is 79.9. The van der Waals surface area contributed by atoms with Crippen molar-refractivity contribution in [2.24, 2.45) is 0 Å². The van der Waals surface area contributed by atoms with E-state index in [1.807, 2.05) is 36.4 Å². The van der Waals surface area contributed by atoms with Crippen molar-refractivity contribution in [2.45, 2.75) is 6.54 Å². The lowest BCUT2D eigenvalue weighted by Gasteiger charge is -2.12. The molecule has 0 aliphatic carbocycles. The van der Waals surface area contributed by atoms with Gasteiger partial charge in [-0.2, -0.15) is 5.26 Å². The van der Waals surface area contributed by atoms with Gasteiger partial charge in [-0.15, -0.1) is 0 Å². The third kappa shape index (κ3) is 5.73. The number of nitrogens with one attached hydrogen (secondary N) is 1. The van der Waals surface area contributed by atoms with E-state index in [1.165, 1.54) is 13.2 Å². The molecular formula is C21H19BrN2O3. The SMILES string of the molecule is C=CCOc1cc(Br)c(/C=C(\C#N)C(=O)NCc2ccccc2)cc1OC. The van der Waals surface area contributed by atoms with Crippen molar-refractivity contribution in [3.8, 4) is 17.6 Å². The maximum atomic E-state index is 12.3. The van der Waals surface area contributed by atoms with Gasteiger partial charge < -0.3 is 14.8 Å². The van der Waals surface area contributed by atoms with Crippen LogP contribution in [-0.2, 0) is 11.3 Å². The first-order valence-corrected chi connectivity index (χ1v) is 8.93. The second-order valence-electron chi connectivity index (χ2n) is 5.46. The highest BCUT2D eigenvalue weighted by molar-refractivity contribution is 9.10. The van der Waals surface area contributed by atoms with Crippen LogP contribution in [0.5, 0.6) is 11.5 Å². The molecule has 0 radical (unpaired) electrons. The van der Waals surface area contributed by atoms with Gasteiger partial charge in [-0.05, 0) is 29.3 Å². The summed E-state index contributed by atoms with van der Waals surface area (Å²) in [4.78, 5) is 12.3. The minimum absolute atomic E-state index is 0.00607. The van der Waals surface area contributed by atoms with Crippen molar-refractivity contribution in [2.75, 3.05) is 13.7 Å². The average molecular weight is 427 g/mol. The van der Waals surface area contributed by atoms with E-state index in [0.29, 0.717) is 34.7 Å². The van der Waals surface area contributed by atoms with E-state index in [9.17, 15) is 10.1 Å². The predicted molar refractivity (Wildman–Crippen MR) is 108 cm³/mol. The molecular weight excluding hydrogens is 408 g/mol. The van der Waals surface area contributed by atoms with Crippen LogP contribution < -0.4 is 14.8 Å². The average Bonchev–Trinajstić information content (AvgIpc) is 2.70. The highest BCUT2D eigenvalue weighted by Gasteiger charge is 2.13. The molecule has 0 spiro atoms. The Morgan fingerprint density at radius 2 is 2.04 bits per heavy atom. The minimum Gasteiger partial charge on any atom is -0.493 e. The summed E-state index contributed by atoms with van der Waals surface area (Å²) in [5, 5.41) is 12.1. The quantitative estimate of drug-likeness (QED) is 0.389. The molecule has 0 heterocycles. The van der Waals surface area contributed by atoms with Gasteiger partial charge in [-0.25, -0.2) is 0 Å². The number of amides is 1. The van der Waals surface area contributed by atoms with Gasteiger partial charge in [0.1, 0.15) is 18.2 Å². The molecule has 2 aromatic carbocycles. The molecule has 0 aromatic heterocycles. The van der Waals surface area contributed by atoms with E-state index >= 15 is 0 Å². The summed E-state index contributed by atoms with van der Waals surface area (Å²) >= 11 is 3.44. The smallest absolute Gasteiger partial charge is 0.262 e. The number of carbonyl (C=O) groups excluding carboxylic acids is 1. The van der Waals surface area contributed by atoms with Crippen LogP contribution in [0.25, 0.3) is 6.08 Å². The number of nitriles is 1. The van der Waals surface area contributed by atoms with Crippen molar-refractivity contribution in [3.63, 3.8) is 0 Å². The molecule has 0 atom stereocenters. The number of benzene rings is 2. The highest BCUT2D eigenvalue weighted by Crippen LogP contribution is 2.34. The van der Waals surface area contributed by atoms with E-state index in [0.717, 1.165) is 5.56 Å². The van der Waals surface area contributed by atoms with Gasteiger partial charge in [-0.3, -0.25) is 4.79 Å². The van der Waals surface area contributed by atoms with Crippen LogP contribution in [-0.4, -0.2) is 19.6 Å². The Labute approximate surface area is 167 Å². The zero-order valence-electron chi connectivity index (χ0n) is 14.9. The number of carbonyl (C=O) groups is 1. The molecule has 0 unspecified atom stereocenters. The van der Waals surface area contributed by atoms with Gasteiger partial charge in [0.25, 0.3) is 5.91 Å². The lowest BCUT2D eigenvalue weighted by Crippen LogP contribution is -2.23. The molecule has 0 aliphatic rings. The maximum Gasteiger partial charge on any atom is 0.262 e. The molecule has 5 nitrogen and oxygen atoms in total. The Kier molecular flexibility index (Phi) is 7.65. The van der Waals surface area contributed by atoms with Gasteiger partial charge >= 0.3 is 0 Å². The molecule has 1 N–H and O–H groups in total. The number of ether oxygens (including phenoxy) is 2. The van der Waals surface area contributed by atoms with Gasteiger partial charge in [-0.1, -0.05) is 58.9 Å². The van der Waals surface area contributed by atoms with Crippen LogP contribution in [0.2, 0.25) is 0 Å². The summed E-state index contributed by atoms with van der Waals surface area (Å²) in [5.41, 5.74) is 1.58. The number of halogens is 1. The second kappa shape index (κ2) is 10.2. The number of rotatable bonds is 8. The summed E-state index contributed by atoms with van der Waals surface area (Å²) in [6.45, 7) is 4.29. The van der Waals surface area contributed by atoms with Crippen molar-refractivity contribution < 1.29 is 14.3 Å².